The normalized spacial score (nSPS) is 11.1. The van der Waals surface area contributed by atoms with E-state index < -0.39 is 14.9 Å². The minimum absolute atomic E-state index is 0.269. The van der Waals surface area contributed by atoms with Crippen LogP contribution in [0, 0.1) is 5.82 Å². The molecule has 3 nitrogen and oxygen atoms in total. The topological polar surface area (TPSA) is 37.4 Å². The smallest absolute Gasteiger partial charge is 0.236 e. The fourth-order valence-corrected chi connectivity index (χ4v) is 2.42. The van der Waals surface area contributed by atoms with Gasteiger partial charge in [0.25, 0.3) is 0 Å². The van der Waals surface area contributed by atoms with E-state index in [1.165, 1.54) is 43.9 Å². The number of hydrogen-bond acceptors (Lipinski definition) is 3. The standard InChI is InChI=1S/C7H6ClFO2S.C6H15N/c8-12(10,11)5-6-1-3-7(9)4-2-6;1-4-7(5-2)6-3/h1-4H,5H2;4-6H2,1-3H3. The Bertz CT molecular complexity index is 439. The van der Waals surface area contributed by atoms with Gasteiger partial charge in [0, 0.05) is 10.7 Å². The lowest BCUT2D eigenvalue weighted by Crippen LogP contribution is -2.21. The van der Waals surface area contributed by atoms with Gasteiger partial charge >= 0.3 is 0 Å². The van der Waals surface area contributed by atoms with E-state index in [0.717, 1.165) is 0 Å². The molecule has 0 radical (unpaired) electrons. The fourth-order valence-electron chi connectivity index (χ4n) is 1.45. The van der Waals surface area contributed by atoms with E-state index in [-0.39, 0.29) is 5.75 Å². The van der Waals surface area contributed by atoms with Crippen molar-refractivity contribution >= 4 is 19.7 Å². The SMILES string of the molecule is CCN(CC)CC.O=S(=O)(Cl)Cc1ccc(F)cc1. The maximum atomic E-state index is 12.3. The van der Waals surface area contributed by atoms with Crippen LogP contribution in [0.5, 0.6) is 0 Å². The zero-order chi connectivity index (χ0) is 14.9. The molecule has 0 amide bonds. The Morgan fingerprint density at radius 1 is 1.05 bits per heavy atom. The largest absolute Gasteiger partial charge is 0.304 e. The van der Waals surface area contributed by atoms with E-state index in [1.807, 2.05) is 0 Å². The van der Waals surface area contributed by atoms with Crippen molar-refractivity contribution in [3.8, 4) is 0 Å². The highest BCUT2D eigenvalue weighted by atomic mass is 35.7. The summed E-state index contributed by atoms with van der Waals surface area (Å²) in [6.45, 7) is 10.1. The van der Waals surface area contributed by atoms with E-state index in [0.29, 0.717) is 5.56 Å². The monoisotopic (exact) mass is 309 g/mol. The zero-order valence-electron chi connectivity index (χ0n) is 11.6. The van der Waals surface area contributed by atoms with E-state index in [4.69, 9.17) is 10.7 Å². The number of nitrogens with zero attached hydrogens (tertiary/aromatic N) is 1. The van der Waals surface area contributed by atoms with Crippen molar-refractivity contribution in [3.63, 3.8) is 0 Å². The lowest BCUT2D eigenvalue weighted by atomic mass is 10.2. The predicted molar refractivity (Wildman–Crippen MR) is 78.3 cm³/mol. The van der Waals surface area contributed by atoms with Crippen molar-refractivity contribution in [2.45, 2.75) is 26.5 Å². The van der Waals surface area contributed by atoms with Gasteiger partial charge in [-0.05, 0) is 37.3 Å². The molecule has 0 aromatic heterocycles. The third-order valence-corrected chi connectivity index (χ3v) is 3.60. The second-order valence-corrected chi connectivity index (χ2v) is 6.71. The van der Waals surface area contributed by atoms with Crippen LogP contribution < -0.4 is 0 Å². The Hall–Kier alpha value is -0.650. The van der Waals surface area contributed by atoms with E-state index in [2.05, 4.69) is 25.7 Å². The van der Waals surface area contributed by atoms with Crippen LogP contribution in [0.1, 0.15) is 26.3 Å². The van der Waals surface area contributed by atoms with Crippen molar-refractivity contribution in [2.24, 2.45) is 0 Å². The molecule has 0 aliphatic rings. The molecule has 1 rings (SSSR count). The van der Waals surface area contributed by atoms with E-state index in [9.17, 15) is 12.8 Å². The summed E-state index contributed by atoms with van der Waals surface area (Å²) in [6.07, 6.45) is 0. The van der Waals surface area contributed by atoms with Gasteiger partial charge in [-0.25, -0.2) is 12.8 Å². The Balaban J connectivity index is 0.000000399. The number of hydrogen-bond donors (Lipinski definition) is 0. The summed E-state index contributed by atoms with van der Waals surface area (Å²) in [5, 5.41) is 0. The van der Waals surface area contributed by atoms with Gasteiger partial charge in [0.2, 0.25) is 9.05 Å². The number of halogens is 2. The molecule has 0 heterocycles. The Morgan fingerprint density at radius 3 is 1.74 bits per heavy atom. The van der Waals surface area contributed by atoms with Crippen LogP contribution in [-0.2, 0) is 14.8 Å². The fraction of sp³-hybridized carbons (Fsp3) is 0.538. The summed E-state index contributed by atoms with van der Waals surface area (Å²) in [5.74, 6) is -0.666. The third-order valence-electron chi connectivity index (χ3n) is 2.59. The lowest BCUT2D eigenvalue weighted by molar-refractivity contribution is 0.321. The molecule has 0 N–H and O–H groups in total. The lowest BCUT2D eigenvalue weighted by Gasteiger charge is -2.13. The van der Waals surface area contributed by atoms with Gasteiger partial charge in [0.15, 0.2) is 0 Å². The summed E-state index contributed by atoms with van der Waals surface area (Å²) in [5.41, 5.74) is 0.478. The average molecular weight is 310 g/mol. The van der Waals surface area contributed by atoms with Crippen LogP contribution in [0.4, 0.5) is 4.39 Å². The maximum Gasteiger partial charge on any atom is 0.236 e. The molecule has 0 saturated carbocycles. The first-order valence-corrected chi connectivity index (χ1v) is 8.69. The molecule has 0 unspecified atom stereocenters. The Labute approximate surface area is 119 Å². The van der Waals surface area contributed by atoms with Gasteiger partial charge in [-0.1, -0.05) is 32.9 Å². The molecule has 0 saturated heterocycles. The number of rotatable bonds is 5. The molecule has 0 bridgehead atoms. The molecular formula is C13H21ClFNO2S. The Kier molecular flexibility index (Phi) is 8.97. The highest BCUT2D eigenvalue weighted by Crippen LogP contribution is 2.09. The average Bonchev–Trinajstić information content (AvgIpc) is 2.34. The molecule has 1 aromatic rings. The molecule has 19 heavy (non-hydrogen) atoms. The quantitative estimate of drug-likeness (QED) is 0.784. The second kappa shape index (κ2) is 9.28. The molecule has 0 aliphatic carbocycles. The minimum atomic E-state index is -3.54. The van der Waals surface area contributed by atoms with Gasteiger partial charge in [0.1, 0.15) is 5.82 Å². The summed E-state index contributed by atoms with van der Waals surface area (Å²) in [7, 11) is 1.45. The van der Waals surface area contributed by atoms with Crippen molar-refractivity contribution in [1.82, 2.24) is 4.90 Å². The highest BCUT2D eigenvalue weighted by molar-refractivity contribution is 8.13. The molecule has 0 aliphatic heterocycles. The molecule has 0 fully saturated rings. The summed E-state index contributed by atoms with van der Waals surface area (Å²) < 4.78 is 33.5. The van der Waals surface area contributed by atoms with Crippen LogP contribution in [0.25, 0.3) is 0 Å². The van der Waals surface area contributed by atoms with Crippen molar-refractivity contribution < 1.29 is 12.8 Å². The maximum absolute atomic E-state index is 12.3. The Morgan fingerprint density at radius 2 is 1.47 bits per heavy atom. The number of benzene rings is 1. The third kappa shape index (κ3) is 9.87. The van der Waals surface area contributed by atoms with Crippen LogP contribution in [0.15, 0.2) is 24.3 Å². The molecule has 1 aromatic carbocycles. The van der Waals surface area contributed by atoms with Crippen LogP contribution >= 0.6 is 10.7 Å². The highest BCUT2D eigenvalue weighted by Gasteiger charge is 2.06. The summed E-state index contributed by atoms with van der Waals surface area (Å²) >= 11 is 0. The van der Waals surface area contributed by atoms with Crippen molar-refractivity contribution in [3.05, 3.63) is 35.6 Å². The van der Waals surface area contributed by atoms with E-state index in [1.54, 1.807) is 0 Å². The van der Waals surface area contributed by atoms with Crippen molar-refractivity contribution in [2.75, 3.05) is 19.6 Å². The molecule has 0 atom stereocenters. The van der Waals surface area contributed by atoms with Gasteiger partial charge in [-0.15, -0.1) is 0 Å². The summed E-state index contributed by atoms with van der Waals surface area (Å²) in [4.78, 5) is 2.38. The molecular weight excluding hydrogens is 289 g/mol. The van der Waals surface area contributed by atoms with Gasteiger partial charge in [0.05, 0.1) is 5.75 Å². The first kappa shape index (κ1) is 18.4. The first-order chi connectivity index (χ1) is 8.82. The van der Waals surface area contributed by atoms with E-state index >= 15 is 0 Å². The predicted octanol–water partition coefficient (Wildman–Crippen LogP) is 3.24. The summed E-state index contributed by atoms with van der Waals surface area (Å²) in [6, 6.07) is 5.15. The minimum Gasteiger partial charge on any atom is -0.304 e. The van der Waals surface area contributed by atoms with Gasteiger partial charge in [-0.2, -0.15) is 0 Å². The first-order valence-electron chi connectivity index (χ1n) is 6.21. The van der Waals surface area contributed by atoms with Crippen LogP contribution in [0.2, 0.25) is 0 Å². The molecule has 0 spiro atoms. The van der Waals surface area contributed by atoms with Crippen molar-refractivity contribution in [1.29, 1.82) is 0 Å². The molecule has 110 valence electrons. The zero-order valence-corrected chi connectivity index (χ0v) is 13.1. The van der Waals surface area contributed by atoms with Gasteiger partial charge in [-0.3, -0.25) is 0 Å². The van der Waals surface area contributed by atoms with Crippen LogP contribution in [-0.4, -0.2) is 33.0 Å². The van der Waals surface area contributed by atoms with Gasteiger partial charge < -0.3 is 4.90 Å². The van der Waals surface area contributed by atoms with Crippen LogP contribution in [0.3, 0.4) is 0 Å². The second-order valence-electron chi connectivity index (χ2n) is 3.93. The molecule has 6 heteroatoms.